The molecule has 0 aromatic heterocycles. The van der Waals surface area contributed by atoms with Gasteiger partial charge in [-0.15, -0.1) is 0 Å². The topological polar surface area (TPSA) is 182 Å². The second-order valence-electron chi connectivity index (χ2n) is 5.80. The van der Waals surface area contributed by atoms with Crippen molar-refractivity contribution in [3.05, 3.63) is 0 Å². The molecule has 30 heavy (non-hydrogen) atoms. The minimum atomic E-state index is -2.17. The van der Waals surface area contributed by atoms with Crippen molar-refractivity contribution in [1.82, 2.24) is 0 Å². The normalized spacial score (nSPS) is 7.50. The standard InChI is InChI=1S/6C3H8O.BH3O3.2Ti/c3*1-3(2)4;3*1-2-3-4;2-1(3)4;;/h3*3-4H,1-2H3;3*4H,2-3H2,1H3;2-4H;;. The molecule has 0 fully saturated rings. The first-order valence-electron chi connectivity index (χ1n) is 9.58. The molecule has 0 aliphatic heterocycles. The van der Waals surface area contributed by atoms with Crippen molar-refractivity contribution in [2.45, 2.75) is 99.9 Å². The van der Waals surface area contributed by atoms with Crippen LogP contribution in [-0.4, -0.2) is 91.2 Å². The first kappa shape index (κ1) is 57.7. The summed E-state index contributed by atoms with van der Waals surface area (Å²) >= 11 is 0. The van der Waals surface area contributed by atoms with Gasteiger partial charge in [0, 0.05) is 81.6 Å². The monoisotopic (exact) mass is 518 g/mol. The molecule has 0 radical (unpaired) electrons. The van der Waals surface area contributed by atoms with E-state index >= 15 is 0 Å². The second kappa shape index (κ2) is 69.9. The third-order valence-electron chi connectivity index (χ3n) is 0.671. The molecule has 0 amide bonds. The van der Waals surface area contributed by atoms with E-state index in [9.17, 15) is 0 Å². The van der Waals surface area contributed by atoms with Crippen molar-refractivity contribution < 1.29 is 89.1 Å². The summed E-state index contributed by atoms with van der Waals surface area (Å²) in [5.74, 6) is 0. The van der Waals surface area contributed by atoms with Crippen LogP contribution in [0.3, 0.4) is 0 Å². The molecular formula is C18H51BO9Ti2. The van der Waals surface area contributed by atoms with Crippen LogP contribution >= 0.6 is 0 Å². The molecule has 0 aliphatic rings. The minimum absolute atomic E-state index is 0. The van der Waals surface area contributed by atoms with Crippen LogP contribution < -0.4 is 0 Å². The molecule has 0 bridgehead atoms. The Hall–Kier alpha value is 1.13. The molecule has 0 saturated carbocycles. The van der Waals surface area contributed by atoms with E-state index in [1.807, 2.05) is 20.8 Å². The van der Waals surface area contributed by atoms with Gasteiger partial charge in [-0.2, -0.15) is 0 Å². The summed E-state index contributed by atoms with van der Waals surface area (Å²) in [5, 5.41) is 69.3. The minimum Gasteiger partial charge on any atom is -0.402 e. The van der Waals surface area contributed by atoms with E-state index in [2.05, 4.69) is 0 Å². The number of aliphatic hydroxyl groups is 6. The molecule has 0 saturated heterocycles. The summed E-state index contributed by atoms with van der Waals surface area (Å²) in [6, 6.07) is 0. The Bertz CT molecular complexity index is 133. The maximum atomic E-state index is 8.06. The van der Waals surface area contributed by atoms with Gasteiger partial charge in [0.2, 0.25) is 0 Å². The maximum absolute atomic E-state index is 8.06. The van der Waals surface area contributed by atoms with Crippen molar-refractivity contribution in [1.29, 1.82) is 0 Å². The fourth-order valence-corrected chi connectivity index (χ4v) is 0. The Morgan fingerprint density at radius 1 is 0.500 bits per heavy atom. The SMILES string of the molecule is CC(C)O.CC(C)O.CC(C)O.CCCO.CCCO.CCCO.OB(O)O.[Ti].[Ti]. The van der Waals surface area contributed by atoms with E-state index in [0.717, 1.165) is 19.3 Å². The zero-order chi connectivity index (χ0) is 24.6. The van der Waals surface area contributed by atoms with Crippen LogP contribution in [0.1, 0.15) is 81.6 Å². The van der Waals surface area contributed by atoms with Gasteiger partial charge in [-0.25, -0.2) is 0 Å². The molecule has 12 heteroatoms. The van der Waals surface area contributed by atoms with E-state index < -0.39 is 7.32 Å². The number of hydrogen-bond donors (Lipinski definition) is 9. The van der Waals surface area contributed by atoms with Gasteiger partial charge in [-0.05, 0) is 60.8 Å². The molecule has 0 aromatic rings. The average Bonchev–Trinajstić information content (AvgIpc) is 2.53. The molecule has 0 aliphatic carbocycles. The molecule has 0 rings (SSSR count). The predicted octanol–water partition coefficient (Wildman–Crippen LogP) is 0.271. The molecule has 0 spiro atoms. The van der Waals surface area contributed by atoms with Gasteiger partial charge in [0.05, 0.1) is 0 Å². The zero-order valence-electron chi connectivity index (χ0n) is 20.6. The Balaban J connectivity index is -0.0000000242. The zero-order valence-corrected chi connectivity index (χ0v) is 23.7. The third kappa shape index (κ3) is 1350. The van der Waals surface area contributed by atoms with Crippen molar-refractivity contribution >= 4 is 7.32 Å². The van der Waals surface area contributed by atoms with E-state index in [1.54, 1.807) is 41.5 Å². The fraction of sp³-hybridized carbons (Fsp3) is 1.00. The van der Waals surface area contributed by atoms with Crippen LogP contribution in [0.2, 0.25) is 0 Å². The van der Waals surface area contributed by atoms with Gasteiger partial charge in [0.25, 0.3) is 0 Å². The van der Waals surface area contributed by atoms with Crippen LogP contribution in [-0.2, 0) is 43.4 Å². The van der Waals surface area contributed by atoms with Gasteiger partial charge in [0.1, 0.15) is 0 Å². The van der Waals surface area contributed by atoms with Crippen LogP contribution in [0.15, 0.2) is 0 Å². The summed E-state index contributed by atoms with van der Waals surface area (Å²) in [5.41, 5.74) is 0. The van der Waals surface area contributed by atoms with E-state index in [-0.39, 0.29) is 61.7 Å². The third-order valence-corrected chi connectivity index (χ3v) is 0.671. The number of rotatable bonds is 3. The van der Waals surface area contributed by atoms with E-state index in [1.165, 1.54) is 0 Å². The molecule has 9 nitrogen and oxygen atoms in total. The van der Waals surface area contributed by atoms with Crippen molar-refractivity contribution in [3.8, 4) is 0 Å². The van der Waals surface area contributed by atoms with Gasteiger partial charge in [-0.3, -0.25) is 0 Å². The largest absolute Gasteiger partial charge is 0.631 e. The van der Waals surface area contributed by atoms with Crippen LogP contribution in [0, 0.1) is 0 Å². The second-order valence-corrected chi connectivity index (χ2v) is 5.80. The Labute approximate surface area is 215 Å². The first-order chi connectivity index (χ1) is 12.7. The summed E-state index contributed by atoms with van der Waals surface area (Å²) < 4.78 is 0. The number of hydrogen-bond acceptors (Lipinski definition) is 9. The molecule has 0 atom stereocenters. The molecule has 188 valence electrons. The Morgan fingerprint density at radius 3 is 0.533 bits per heavy atom. The molecule has 0 aromatic carbocycles. The van der Waals surface area contributed by atoms with Crippen molar-refractivity contribution in [2.24, 2.45) is 0 Å². The molecular weight excluding hydrogens is 467 g/mol. The smallest absolute Gasteiger partial charge is 0.402 e. The Kier molecular flexibility index (Phi) is 134. The van der Waals surface area contributed by atoms with Crippen LogP contribution in [0.25, 0.3) is 0 Å². The summed E-state index contributed by atoms with van der Waals surface area (Å²) in [4.78, 5) is 0. The number of aliphatic hydroxyl groups excluding tert-OH is 6. The maximum Gasteiger partial charge on any atom is 0.631 e. The first-order valence-corrected chi connectivity index (χ1v) is 9.58. The van der Waals surface area contributed by atoms with Gasteiger partial charge >= 0.3 is 7.32 Å². The molecule has 0 unspecified atom stereocenters. The van der Waals surface area contributed by atoms with Crippen molar-refractivity contribution in [3.63, 3.8) is 0 Å². The molecule has 0 heterocycles. The van der Waals surface area contributed by atoms with E-state index in [0.29, 0.717) is 19.8 Å². The van der Waals surface area contributed by atoms with Gasteiger partial charge in [-0.1, -0.05) is 20.8 Å². The van der Waals surface area contributed by atoms with Crippen molar-refractivity contribution in [2.75, 3.05) is 19.8 Å². The summed E-state index contributed by atoms with van der Waals surface area (Å²) in [7, 11) is -2.17. The predicted molar refractivity (Wildman–Crippen MR) is 117 cm³/mol. The van der Waals surface area contributed by atoms with Crippen LogP contribution in [0.4, 0.5) is 0 Å². The fourth-order valence-electron chi connectivity index (χ4n) is 0. The van der Waals surface area contributed by atoms with E-state index in [4.69, 9.17) is 45.7 Å². The quantitative estimate of drug-likeness (QED) is 0.237. The summed E-state index contributed by atoms with van der Waals surface area (Å²) in [6.45, 7) is 17.1. The molecule has 9 N–H and O–H groups in total. The van der Waals surface area contributed by atoms with Gasteiger partial charge < -0.3 is 45.7 Å². The van der Waals surface area contributed by atoms with Crippen LogP contribution in [0.5, 0.6) is 0 Å². The van der Waals surface area contributed by atoms with Gasteiger partial charge in [0.15, 0.2) is 0 Å². The average molecular weight is 518 g/mol. The Morgan fingerprint density at radius 2 is 0.533 bits per heavy atom. The summed E-state index contributed by atoms with van der Waals surface area (Å²) in [6.07, 6.45) is 2.12.